The molecule has 7 heterocycles. The number of aryl methyl sites for hydroxylation is 2. The quantitative estimate of drug-likeness (QED) is 0.0917. The molecule has 2 fully saturated rings. The maximum atomic E-state index is 14.6. The van der Waals surface area contributed by atoms with Gasteiger partial charge in [-0.1, -0.05) is 49.4 Å². The molecule has 3 aromatic carbocycles. The van der Waals surface area contributed by atoms with Crippen LogP contribution >= 0.6 is 0 Å². The number of amides is 1. The Hall–Kier alpha value is -6.64. The van der Waals surface area contributed by atoms with E-state index in [2.05, 4.69) is 94.2 Å². The number of rotatable bonds is 7. The van der Waals surface area contributed by atoms with Crippen molar-refractivity contribution >= 4 is 11.4 Å². The number of pyridine rings is 2. The van der Waals surface area contributed by atoms with E-state index < -0.39 is 35.2 Å². The normalized spacial score (nSPS) is 30.2. The number of aliphatic hydroxyl groups excluding tert-OH is 2. The van der Waals surface area contributed by atoms with Crippen LogP contribution in [0.1, 0.15) is 91.9 Å². The van der Waals surface area contributed by atoms with Crippen molar-refractivity contribution < 1.29 is 34.7 Å². The van der Waals surface area contributed by atoms with E-state index in [1.807, 2.05) is 57.2 Å². The fourth-order valence-corrected chi connectivity index (χ4v) is 16.0. The van der Waals surface area contributed by atoms with Crippen molar-refractivity contribution in [1.82, 2.24) is 24.5 Å². The zero-order chi connectivity index (χ0) is 50.3. The Balaban J connectivity index is 0.914. The molecule has 8 aliphatic rings. The zero-order valence-electron chi connectivity index (χ0n) is 42.0. The van der Waals surface area contributed by atoms with Gasteiger partial charge in [0.25, 0.3) is 11.5 Å². The lowest BCUT2D eigenvalue weighted by molar-refractivity contribution is -0.0454. The number of phenols is 2. The van der Waals surface area contributed by atoms with E-state index in [9.17, 15) is 30.0 Å². The van der Waals surface area contributed by atoms with Crippen molar-refractivity contribution in [2.24, 2.45) is 11.8 Å². The Morgan fingerprint density at radius 3 is 2.07 bits per heavy atom. The van der Waals surface area contributed by atoms with Gasteiger partial charge in [-0.15, -0.1) is 0 Å². The van der Waals surface area contributed by atoms with Crippen LogP contribution in [0.4, 0.5) is 0 Å². The third-order valence-electron chi connectivity index (χ3n) is 19.3. The van der Waals surface area contributed by atoms with E-state index in [0.717, 1.165) is 117 Å². The van der Waals surface area contributed by atoms with E-state index in [-0.39, 0.29) is 59.3 Å². The molecule has 4 aliphatic carbocycles. The highest BCUT2D eigenvalue weighted by Crippen LogP contribution is 2.65. The molecule has 0 radical (unpaired) electrons. The average Bonchev–Trinajstić information content (AvgIpc) is 4.07. The molecule has 2 spiro atoms. The lowest BCUT2D eigenvalue weighted by Crippen LogP contribution is -2.64. The first-order chi connectivity index (χ1) is 35.1. The number of H-pyrrole nitrogens is 1. The van der Waals surface area contributed by atoms with Crippen molar-refractivity contribution in [1.29, 1.82) is 0 Å². The highest BCUT2D eigenvalue weighted by atomic mass is 16.5. The van der Waals surface area contributed by atoms with Crippen molar-refractivity contribution in [3.05, 3.63) is 157 Å². The van der Waals surface area contributed by atoms with Crippen molar-refractivity contribution in [2.75, 3.05) is 27.2 Å². The van der Waals surface area contributed by atoms with Crippen LogP contribution in [-0.2, 0) is 30.2 Å². The number of aromatic amines is 1. The van der Waals surface area contributed by atoms with Gasteiger partial charge in [0.15, 0.2) is 23.0 Å². The predicted molar refractivity (Wildman–Crippen MR) is 277 cm³/mol. The third kappa shape index (κ3) is 5.93. The number of benzene rings is 3. The van der Waals surface area contributed by atoms with Crippen LogP contribution in [0.5, 0.6) is 23.0 Å². The Bertz CT molecular complexity index is 3560. The van der Waals surface area contributed by atoms with Crippen LogP contribution in [0.25, 0.3) is 27.8 Å². The topological polar surface area (TPSA) is 172 Å². The summed E-state index contributed by atoms with van der Waals surface area (Å²) in [6, 6.07) is 18.5. The van der Waals surface area contributed by atoms with Gasteiger partial charge >= 0.3 is 0 Å². The highest BCUT2D eigenvalue weighted by molar-refractivity contribution is 5.97. The minimum Gasteiger partial charge on any atom is -0.504 e. The van der Waals surface area contributed by atoms with E-state index in [1.165, 1.54) is 0 Å². The van der Waals surface area contributed by atoms with E-state index in [4.69, 9.17) is 9.47 Å². The number of hydrogen-bond acceptors (Lipinski definition) is 10. The number of carbonyl (C=O) groups excluding carboxylic acids is 1. The standard InChI is InChI=1S/C60H61N5O8/c1-28-18-29(2)62-58(71)41(28)26-61-57(70)37-21-35-20-34(32-8-7-9-33(19-32)38-25-49(69)54-51-40(38)23-45-43-11-13-47(67)56(73-54)60(43,51)15-17-64(45)6)27-65(35)52(31(37)4)30(3)36-24-48(68)53-50-39(36)22-44-42-10-12-46(66)55(72-53)59(42,50)14-16-63(44)5/h7-13,18-21,24-25,27,30,42-47,55-56,66-69H,14-17,22-23,26H2,1-6H3,(H,61,70)(H,62,71)/t30?,42-,43-,44+,45+,46-,47-,55-,56-,59-,60-/m0/s1. The highest BCUT2D eigenvalue weighted by Gasteiger charge is 2.66. The number of phenolic OH excluding ortho intramolecular Hbond substituents is 2. The van der Waals surface area contributed by atoms with Gasteiger partial charge in [0, 0.05) is 98.1 Å². The summed E-state index contributed by atoms with van der Waals surface area (Å²) >= 11 is 0. The Kier molecular flexibility index (Phi) is 9.53. The fourth-order valence-electron chi connectivity index (χ4n) is 16.0. The number of aromatic hydroxyl groups is 2. The molecule has 3 aromatic heterocycles. The maximum Gasteiger partial charge on any atom is 0.253 e. The molecule has 4 bridgehead atoms. The number of carbonyl (C=O) groups is 1. The second-order valence-corrected chi connectivity index (χ2v) is 22.8. The number of likely N-dealkylation sites (N-methyl/N-ethyl adjacent to an activating group) is 2. The number of likely N-dealkylation sites (tertiary alicyclic amines) is 2. The minimum absolute atomic E-state index is 0.0550. The molecule has 1 unspecified atom stereocenters. The molecule has 374 valence electrons. The van der Waals surface area contributed by atoms with E-state index in [1.54, 1.807) is 0 Å². The third-order valence-corrected chi connectivity index (χ3v) is 19.3. The summed E-state index contributed by atoms with van der Waals surface area (Å²) in [5.74, 6) is 0.764. The summed E-state index contributed by atoms with van der Waals surface area (Å²) in [7, 11) is 4.37. The molecule has 4 aliphatic heterocycles. The molecule has 73 heavy (non-hydrogen) atoms. The molecule has 6 N–H and O–H groups in total. The van der Waals surface area contributed by atoms with Gasteiger partial charge in [0.1, 0.15) is 24.4 Å². The first-order valence-corrected chi connectivity index (χ1v) is 26.1. The number of aromatic nitrogens is 2. The number of piperidine rings is 2. The van der Waals surface area contributed by atoms with Crippen LogP contribution in [0.15, 0.2) is 89.9 Å². The number of nitrogens with one attached hydrogen (secondary N) is 2. The van der Waals surface area contributed by atoms with Crippen LogP contribution in [0.2, 0.25) is 0 Å². The summed E-state index contributed by atoms with van der Waals surface area (Å²) in [5, 5.41) is 49.7. The van der Waals surface area contributed by atoms with E-state index in [0.29, 0.717) is 22.6 Å². The molecule has 11 atom stereocenters. The number of hydrogen-bond donors (Lipinski definition) is 6. The molecule has 14 rings (SSSR count). The SMILES string of the molecule is Cc1cc(C)c(CNC(=O)c2cc3cc(-c4cccc(-c5cc(O)c6c7c5C[C@@H]5[C@@H]8C=C[C@H](O)[C@H](O6)[C@]78CCN5C)c4)cn3c(C(C)c3cc(O)c4c5c3C[C@@H]3[C@@H]6C=C[C@H](O)[C@H](O4)[C@]56CCN3C)c2C)c(=O)[nH]1. The lowest BCUT2D eigenvalue weighted by atomic mass is 9.52. The molecule has 13 nitrogen and oxygen atoms in total. The molecule has 0 saturated carbocycles. The molecule has 2 saturated heterocycles. The summed E-state index contributed by atoms with van der Waals surface area (Å²) < 4.78 is 15.4. The maximum absolute atomic E-state index is 14.6. The van der Waals surface area contributed by atoms with Crippen LogP contribution in [-0.4, -0.2) is 109 Å². The largest absolute Gasteiger partial charge is 0.504 e. The van der Waals surface area contributed by atoms with Gasteiger partial charge in [0.2, 0.25) is 0 Å². The molecular weight excluding hydrogens is 919 g/mol. The van der Waals surface area contributed by atoms with Gasteiger partial charge in [0.05, 0.1) is 0 Å². The molecule has 13 heteroatoms. The van der Waals surface area contributed by atoms with Crippen LogP contribution in [0.3, 0.4) is 0 Å². The summed E-state index contributed by atoms with van der Waals surface area (Å²) in [6.07, 6.45) is 10.9. The number of fused-ring (bicyclic) bond motifs is 1. The van der Waals surface area contributed by atoms with E-state index >= 15 is 0 Å². The van der Waals surface area contributed by atoms with Crippen LogP contribution in [0, 0.1) is 32.6 Å². The zero-order valence-corrected chi connectivity index (χ0v) is 42.0. The van der Waals surface area contributed by atoms with Crippen molar-refractivity contribution in [3.8, 4) is 45.3 Å². The Morgan fingerprint density at radius 1 is 0.795 bits per heavy atom. The molecule has 6 aromatic rings. The molecule has 1 amide bonds. The summed E-state index contributed by atoms with van der Waals surface area (Å²) in [4.78, 5) is 35.5. The van der Waals surface area contributed by atoms with Crippen molar-refractivity contribution in [2.45, 2.75) is 113 Å². The predicted octanol–water partition coefficient (Wildman–Crippen LogP) is 6.99. The number of nitrogens with zero attached hydrogens (tertiary/aromatic N) is 3. The van der Waals surface area contributed by atoms with Crippen LogP contribution < -0.4 is 20.3 Å². The monoisotopic (exact) mass is 979 g/mol. The smallest absolute Gasteiger partial charge is 0.253 e. The fraction of sp³-hybridized carbons (Fsp3) is 0.400. The second-order valence-electron chi connectivity index (χ2n) is 22.8. The van der Waals surface area contributed by atoms with Gasteiger partial charge < -0.3 is 54.4 Å². The van der Waals surface area contributed by atoms with Gasteiger partial charge in [-0.05, 0) is 155 Å². The van der Waals surface area contributed by atoms with Gasteiger partial charge in [-0.3, -0.25) is 9.59 Å². The summed E-state index contributed by atoms with van der Waals surface area (Å²) in [5.41, 5.74) is 13.0. The minimum atomic E-state index is -0.804. The summed E-state index contributed by atoms with van der Waals surface area (Å²) in [6.45, 7) is 9.65. The first-order valence-electron chi connectivity index (χ1n) is 26.1. The lowest BCUT2D eigenvalue weighted by Gasteiger charge is -2.56. The first kappa shape index (κ1) is 45.0. The van der Waals surface area contributed by atoms with Gasteiger partial charge in [-0.2, -0.15) is 0 Å². The molecular formula is C60H61N5O8. The Labute approximate surface area is 423 Å². The van der Waals surface area contributed by atoms with Gasteiger partial charge in [-0.25, -0.2) is 0 Å². The van der Waals surface area contributed by atoms with Crippen molar-refractivity contribution in [3.63, 3.8) is 0 Å². The Morgan fingerprint density at radius 2 is 1.41 bits per heavy atom. The average molecular weight is 980 g/mol. The number of aliphatic hydroxyl groups is 2. The number of ether oxygens (including phenoxy) is 2. The second kappa shape index (κ2) is 15.5.